The van der Waals surface area contributed by atoms with Crippen molar-refractivity contribution in [2.75, 3.05) is 6.54 Å². The van der Waals surface area contributed by atoms with Gasteiger partial charge in [-0.25, -0.2) is 8.78 Å². The maximum absolute atomic E-state index is 12.9. The predicted molar refractivity (Wildman–Crippen MR) is 56.0 cm³/mol. The number of benzene rings is 1. The lowest BCUT2D eigenvalue weighted by molar-refractivity contribution is 0.0795. The second-order valence-corrected chi connectivity index (χ2v) is 4.32. The third-order valence-electron chi connectivity index (χ3n) is 1.96. The number of rotatable bonds is 4. The molecule has 0 aliphatic carbocycles. The average Bonchev–Trinajstić information content (AvgIpc) is 2.12. The van der Waals surface area contributed by atoms with Crippen LogP contribution in [0.1, 0.15) is 19.4 Å². The van der Waals surface area contributed by atoms with E-state index >= 15 is 0 Å². The van der Waals surface area contributed by atoms with Crippen molar-refractivity contribution in [1.29, 1.82) is 0 Å². The van der Waals surface area contributed by atoms with E-state index in [0.29, 0.717) is 12.1 Å². The highest BCUT2D eigenvalue weighted by Crippen LogP contribution is 2.21. The first-order valence-corrected chi connectivity index (χ1v) is 4.89. The molecule has 5 heteroatoms. The molecular weight excluding hydrogens is 216 g/mol. The lowest BCUT2D eigenvalue weighted by atomic mass is 10.1. The summed E-state index contributed by atoms with van der Waals surface area (Å²) in [4.78, 5) is 0. The van der Waals surface area contributed by atoms with E-state index in [1.54, 1.807) is 13.8 Å². The van der Waals surface area contributed by atoms with Crippen LogP contribution in [-0.2, 0) is 6.54 Å². The Morgan fingerprint density at radius 1 is 1.25 bits per heavy atom. The fraction of sp³-hybridized carbons (Fsp3) is 0.455. The first-order chi connectivity index (χ1) is 7.29. The van der Waals surface area contributed by atoms with Gasteiger partial charge in [0.1, 0.15) is 0 Å². The minimum atomic E-state index is -0.986. The SMILES string of the molecule is CC(C)(O)CNCc1cc(F)c(O)c(F)c1. The fourth-order valence-corrected chi connectivity index (χ4v) is 1.23. The molecule has 0 radical (unpaired) electrons. The molecule has 0 spiro atoms. The van der Waals surface area contributed by atoms with Crippen LogP contribution in [-0.4, -0.2) is 22.4 Å². The van der Waals surface area contributed by atoms with E-state index in [1.165, 1.54) is 0 Å². The smallest absolute Gasteiger partial charge is 0.187 e. The van der Waals surface area contributed by atoms with Gasteiger partial charge in [0.25, 0.3) is 0 Å². The highest BCUT2D eigenvalue weighted by molar-refractivity contribution is 5.29. The van der Waals surface area contributed by atoms with Gasteiger partial charge < -0.3 is 15.5 Å². The molecular formula is C11H15F2NO2. The summed E-state index contributed by atoms with van der Waals surface area (Å²) in [6.45, 7) is 3.77. The van der Waals surface area contributed by atoms with Gasteiger partial charge in [-0.15, -0.1) is 0 Å². The zero-order valence-corrected chi connectivity index (χ0v) is 9.22. The molecule has 1 rings (SSSR count). The molecule has 0 saturated carbocycles. The van der Waals surface area contributed by atoms with Crippen molar-refractivity contribution in [3.63, 3.8) is 0 Å². The Balaban J connectivity index is 2.62. The van der Waals surface area contributed by atoms with Gasteiger partial charge in [-0.05, 0) is 31.5 Å². The van der Waals surface area contributed by atoms with E-state index in [9.17, 15) is 13.9 Å². The Morgan fingerprint density at radius 3 is 2.19 bits per heavy atom. The number of aromatic hydroxyl groups is 1. The summed E-state index contributed by atoms with van der Waals surface area (Å²) in [6, 6.07) is 2.10. The van der Waals surface area contributed by atoms with Gasteiger partial charge in [0.05, 0.1) is 5.60 Å². The molecule has 3 nitrogen and oxygen atoms in total. The maximum atomic E-state index is 12.9. The normalized spacial score (nSPS) is 11.8. The van der Waals surface area contributed by atoms with E-state index in [-0.39, 0.29) is 6.54 Å². The summed E-state index contributed by atoms with van der Waals surface area (Å²) in [5, 5.41) is 21.1. The lowest BCUT2D eigenvalue weighted by Crippen LogP contribution is -2.34. The van der Waals surface area contributed by atoms with Crippen molar-refractivity contribution < 1.29 is 19.0 Å². The van der Waals surface area contributed by atoms with Crippen LogP contribution >= 0.6 is 0 Å². The molecule has 90 valence electrons. The van der Waals surface area contributed by atoms with E-state index in [2.05, 4.69) is 5.32 Å². The van der Waals surface area contributed by atoms with Gasteiger partial charge in [-0.3, -0.25) is 0 Å². The van der Waals surface area contributed by atoms with Gasteiger partial charge in [0, 0.05) is 13.1 Å². The minimum Gasteiger partial charge on any atom is -0.503 e. The Labute approximate surface area is 92.7 Å². The van der Waals surface area contributed by atoms with Crippen molar-refractivity contribution in [3.05, 3.63) is 29.3 Å². The zero-order chi connectivity index (χ0) is 12.3. The van der Waals surface area contributed by atoms with Crippen LogP contribution in [0.3, 0.4) is 0 Å². The zero-order valence-electron chi connectivity index (χ0n) is 9.22. The Hall–Kier alpha value is -1.20. The summed E-state index contributed by atoms with van der Waals surface area (Å²) in [5.74, 6) is -2.94. The van der Waals surface area contributed by atoms with Crippen LogP contribution in [0.5, 0.6) is 5.75 Å². The number of phenolic OH excluding ortho intramolecular Hbond substituents is 1. The van der Waals surface area contributed by atoms with Crippen molar-refractivity contribution in [2.45, 2.75) is 26.0 Å². The van der Waals surface area contributed by atoms with Gasteiger partial charge >= 0.3 is 0 Å². The lowest BCUT2D eigenvalue weighted by Gasteiger charge is -2.17. The second kappa shape index (κ2) is 4.76. The third-order valence-corrected chi connectivity index (χ3v) is 1.96. The molecule has 0 atom stereocenters. The number of nitrogens with one attached hydrogen (secondary N) is 1. The predicted octanol–water partition coefficient (Wildman–Crippen LogP) is 1.53. The molecule has 3 N–H and O–H groups in total. The minimum absolute atomic E-state index is 0.220. The third kappa shape index (κ3) is 3.75. The highest BCUT2D eigenvalue weighted by Gasteiger charge is 2.12. The molecule has 0 aromatic heterocycles. The van der Waals surface area contributed by atoms with Crippen LogP contribution in [0.2, 0.25) is 0 Å². The monoisotopic (exact) mass is 231 g/mol. The van der Waals surface area contributed by atoms with Crippen LogP contribution < -0.4 is 5.32 Å². The number of halogens is 2. The molecule has 0 unspecified atom stereocenters. The Bertz CT molecular complexity index is 352. The molecule has 1 aromatic carbocycles. The first-order valence-electron chi connectivity index (χ1n) is 4.89. The van der Waals surface area contributed by atoms with E-state index in [4.69, 9.17) is 5.11 Å². The molecule has 1 aromatic rings. The Kier molecular flexibility index (Phi) is 3.83. The standard InChI is InChI=1S/C11H15F2NO2/c1-11(2,16)6-14-5-7-3-8(12)10(15)9(13)4-7/h3-4,14-16H,5-6H2,1-2H3. The molecule has 0 saturated heterocycles. The van der Waals surface area contributed by atoms with Gasteiger partial charge in [-0.1, -0.05) is 0 Å². The number of aliphatic hydroxyl groups is 1. The molecule has 0 bridgehead atoms. The molecule has 16 heavy (non-hydrogen) atoms. The van der Waals surface area contributed by atoms with Gasteiger partial charge in [0.15, 0.2) is 17.4 Å². The van der Waals surface area contributed by atoms with Crippen molar-refractivity contribution in [1.82, 2.24) is 5.32 Å². The van der Waals surface area contributed by atoms with Crippen LogP contribution in [0, 0.1) is 11.6 Å². The van der Waals surface area contributed by atoms with E-state index in [1.807, 2.05) is 0 Å². The quantitative estimate of drug-likeness (QED) is 0.736. The summed E-state index contributed by atoms with van der Waals surface area (Å²) < 4.78 is 25.9. The summed E-state index contributed by atoms with van der Waals surface area (Å²) >= 11 is 0. The van der Waals surface area contributed by atoms with Crippen LogP contribution in [0.15, 0.2) is 12.1 Å². The average molecular weight is 231 g/mol. The molecule has 0 fully saturated rings. The summed E-state index contributed by atoms with van der Waals surface area (Å²) in [6.07, 6.45) is 0. The van der Waals surface area contributed by atoms with Crippen molar-refractivity contribution in [2.24, 2.45) is 0 Å². The van der Waals surface area contributed by atoms with E-state index < -0.39 is 23.0 Å². The largest absolute Gasteiger partial charge is 0.503 e. The first kappa shape index (κ1) is 12.9. The fourth-order valence-electron chi connectivity index (χ4n) is 1.23. The number of hydrogen-bond acceptors (Lipinski definition) is 3. The summed E-state index contributed by atoms with van der Waals surface area (Å²) in [7, 11) is 0. The Morgan fingerprint density at radius 2 is 1.75 bits per heavy atom. The maximum Gasteiger partial charge on any atom is 0.187 e. The molecule has 0 amide bonds. The van der Waals surface area contributed by atoms with Crippen LogP contribution in [0.4, 0.5) is 8.78 Å². The van der Waals surface area contributed by atoms with E-state index in [0.717, 1.165) is 12.1 Å². The van der Waals surface area contributed by atoms with Gasteiger partial charge in [-0.2, -0.15) is 0 Å². The van der Waals surface area contributed by atoms with Crippen molar-refractivity contribution in [3.8, 4) is 5.75 Å². The highest BCUT2D eigenvalue weighted by atomic mass is 19.1. The molecule has 0 aliphatic rings. The number of phenols is 1. The van der Waals surface area contributed by atoms with Gasteiger partial charge in [0.2, 0.25) is 0 Å². The molecule has 0 aliphatic heterocycles. The summed E-state index contributed by atoms with van der Waals surface area (Å²) in [5.41, 5.74) is -0.509. The number of hydrogen-bond donors (Lipinski definition) is 3. The second-order valence-electron chi connectivity index (χ2n) is 4.32. The topological polar surface area (TPSA) is 52.5 Å². The van der Waals surface area contributed by atoms with Crippen molar-refractivity contribution >= 4 is 0 Å². The van der Waals surface area contributed by atoms with Crippen LogP contribution in [0.25, 0.3) is 0 Å². The molecule has 0 heterocycles.